The van der Waals surface area contributed by atoms with Crippen molar-refractivity contribution in [2.75, 3.05) is 0 Å². The van der Waals surface area contributed by atoms with Gasteiger partial charge in [0.05, 0.1) is 35.7 Å². The average Bonchev–Trinajstić information content (AvgIpc) is 3.31. The summed E-state index contributed by atoms with van der Waals surface area (Å²) in [6.07, 6.45) is 0. The Kier molecular flexibility index (Phi) is 6.20. The van der Waals surface area contributed by atoms with Gasteiger partial charge in [-0.2, -0.15) is 4.57 Å². The van der Waals surface area contributed by atoms with Crippen molar-refractivity contribution in [3.8, 4) is 16.9 Å². The Morgan fingerprint density at radius 1 is 0.628 bits per heavy atom. The van der Waals surface area contributed by atoms with E-state index in [0.717, 1.165) is 0 Å². The molecular formula is C40H41N2Si+. The Bertz CT molecular complexity index is 2220. The third-order valence-corrected chi connectivity index (χ3v) is 11.4. The zero-order valence-corrected chi connectivity index (χ0v) is 27.7. The summed E-state index contributed by atoms with van der Waals surface area (Å²) in [6.45, 7) is 16.6. The van der Waals surface area contributed by atoms with E-state index in [2.05, 4.69) is 167 Å². The molecule has 0 aliphatic heterocycles. The Balaban J connectivity index is 1.64. The van der Waals surface area contributed by atoms with Gasteiger partial charge in [0, 0.05) is 22.9 Å². The first-order valence-electron chi connectivity index (χ1n) is 15.4. The first kappa shape index (κ1) is 27.6. The Labute approximate surface area is 256 Å². The smallest absolute Gasteiger partial charge is 0.215 e. The van der Waals surface area contributed by atoms with Crippen molar-refractivity contribution >= 4 is 56.7 Å². The maximum atomic E-state index is 2.53. The molecule has 0 saturated carbocycles. The minimum atomic E-state index is -1.52. The van der Waals surface area contributed by atoms with Crippen LogP contribution in [-0.2, 0) is 12.5 Å². The number of aromatic nitrogens is 2. The van der Waals surface area contributed by atoms with Crippen LogP contribution in [0.25, 0.3) is 60.4 Å². The van der Waals surface area contributed by atoms with Crippen LogP contribution in [0.5, 0.6) is 0 Å². The fourth-order valence-electron chi connectivity index (χ4n) is 6.96. The fraction of sp³-hybridized carbons (Fsp3) is 0.225. The van der Waals surface area contributed by atoms with Crippen molar-refractivity contribution < 1.29 is 4.57 Å². The maximum Gasteiger partial charge on any atom is 0.215 e. The highest BCUT2D eigenvalue weighted by Gasteiger charge is 2.27. The number of rotatable bonds is 3. The number of para-hydroxylation sites is 2. The minimum Gasteiger partial charge on any atom is -0.308 e. The lowest BCUT2D eigenvalue weighted by atomic mass is 9.80. The molecule has 214 valence electrons. The van der Waals surface area contributed by atoms with Gasteiger partial charge < -0.3 is 4.57 Å². The minimum absolute atomic E-state index is 0.0143. The van der Waals surface area contributed by atoms with Gasteiger partial charge in [0.1, 0.15) is 7.05 Å². The van der Waals surface area contributed by atoms with Gasteiger partial charge >= 0.3 is 0 Å². The summed E-state index contributed by atoms with van der Waals surface area (Å²) in [4.78, 5) is 0. The summed E-state index contributed by atoms with van der Waals surface area (Å²) in [5, 5.41) is 8.03. The molecule has 0 N–H and O–H groups in total. The molecule has 2 heterocycles. The van der Waals surface area contributed by atoms with E-state index >= 15 is 0 Å². The number of benzene rings is 5. The number of hydrogen-bond acceptors (Lipinski definition) is 0. The van der Waals surface area contributed by atoms with E-state index < -0.39 is 8.07 Å². The first-order valence-corrected chi connectivity index (χ1v) is 18.9. The first-order chi connectivity index (χ1) is 20.4. The van der Waals surface area contributed by atoms with Gasteiger partial charge in [0.25, 0.3) is 0 Å². The summed E-state index contributed by atoms with van der Waals surface area (Å²) >= 11 is 0. The molecule has 7 rings (SSSR count). The van der Waals surface area contributed by atoms with Crippen molar-refractivity contribution in [3.63, 3.8) is 0 Å². The third kappa shape index (κ3) is 4.32. The highest BCUT2D eigenvalue weighted by atomic mass is 28.3. The van der Waals surface area contributed by atoms with E-state index in [0.29, 0.717) is 0 Å². The molecule has 0 saturated heterocycles. The molecule has 2 aromatic heterocycles. The number of nitrogens with zero attached hydrogens (tertiary/aromatic N) is 2. The van der Waals surface area contributed by atoms with Crippen LogP contribution in [0.15, 0.2) is 103 Å². The number of aryl methyl sites for hydroxylation is 2. The van der Waals surface area contributed by atoms with Gasteiger partial charge in [-0.25, -0.2) is 0 Å². The largest absolute Gasteiger partial charge is 0.308 e. The van der Waals surface area contributed by atoms with Gasteiger partial charge in [-0.1, -0.05) is 112 Å². The van der Waals surface area contributed by atoms with Crippen LogP contribution in [0.4, 0.5) is 0 Å². The average molecular weight is 578 g/mol. The van der Waals surface area contributed by atoms with Crippen LogP contribution in [-0.4, -0.2) is 12.6 Å². The summed E-state index contributed by atoms with van der Waals surface area (Å²) in [5.41, 5.74) is 10.2. The molecule has 0 unspecified atom stereocenters. The number of hydrogen-bond donors (Lipinski definition) is 0. The van der Waals surface area contributed by atoms with Gasteiger partial charge in [-0.15, -0.1) is 0 Å². The third-order valence-electron chi connectivity index (χ3n) is 9.35. The molecule has 43 heavy (non-hydrogen) atoms. The second kappa shape index (κ2) is 9.65. The fourth-order valence-corrected chi connectivity index (χ4v) is 8.12. The van der Waals surface area contributed by atoms with Crippen molar-refractivity contribution in [1.29, 1.82) is 0 Å². The van der Waals surface area contributed by atoms with Crippen LogP contribution in [0.2, 0.25) is 19.6 Å². The van der Waals surface area contributed by atoms with Crippen molar-refractivity contribution in [2.24, 2.45) is 7.05 Å². The summed E-state index contributed by atoms with van der Waals surface area (Å²) in [6, 6.07) is 38.8. The molecule has 0 amide bonds. The molecule has 0 atom stereocenters. The van der Waals surface area contributed by atoms with Crippen molar-refractivity contribution in [1.82, 2.24) is 4.57 Å². The maximum absolute atomic E-state index is 2.53. The van der Waals surface area contributed by atoms with Crippen LogP contribution in [0.3, 0.4) is 0 Å². The lowest BCUT2D eigenvalue weighted by Gasteiger charge is -2.24. The van der Waals surface area contributed by atoms with E-state index in [1.54, 1.807) is 0 Å². The quantitative estimate of drug-likeness (QED) is 0.146. The molecule has 2 nitrogen and oxygen atoms in total. The molecule has 0 bridgehead atoms. The van der Waals surface area contributed by atoms with E-state index in [1.165, 1.54) is 76.7 Å². The summed E-state index contributed by atoms with van der Waals surface area (Å²) in [7, 11) is 0.699. The Hall–Kier alpha value is -4.21. The van der Waals surface area contributed by atoms with Crippen LogP contribution in [0, 0.1) is 6.92 Å². The standard InChI is InChI=1S/C40H41N2Si/c1-26-28-15-9-10-16-29(28)34(40(2,3)4)24-33(26)37-25-39(32-18-12-13-19-35(32)41(37)5)42-36-20-14-11-17-30(36)31-22-21-27(23-38(31)42)43(6,7)8/h9-25H,1-8H3/q+1. The molecule has 3 heteroatoms. The second-order valence-corrected chi connectivity index (χ2v) is 19.3. The van der Waals surface area contributed by atoms with Gasteiger partial charge in [0.2, 0.25) is 11.2 Å². The van der Waals surface area contributed by atoms with Crippen LogP contribution < -0.4 is 9.75 Å². The molecule has 0 fully saturated rings. The lowest BCUT2D eigenvalue weighted by Crippen LogP contribution is -2.37. The topological polar surface area (TPSA) is 8.81 Å². The van der Waals surface area contributed by atoms with E-state index in [9.17, 15) is 0 Å². The Morgan fingerprint density at radius 2 is 1.23 bits per heavy atom. The normalized spacial score (nSPS) is 12.7. The zero-order valence-electron chi connectivity index (χ0n) is 26.7. The molecular weight excluding hydrogens is 537 g/mol. The predicted octanol–water partition coefficient (Wildman–Crippen LogP) is 9.73. The lowest BCUT2D eigenvalue weighted by molar-refractivity contribution is -0.633. The zero-order chi connectivity index (χ0) is 30.3. The Morgan fingerprint density at radius 3 is 1.93 bits per heavy atom. The monoisotopic (exact) mass is 577 g/mol. The van der Waals surface area contributed by atoms with Crippen LogP contribution in [0.1, 0.15) is 31.9 Å². The van der Waals surface area contributed by atoms with Gasteiger partial charge in [0.15, 0.2) is 0 Å². The predicted molar refractivity (Wildman–Crippen MR) is 189 cm³/mol. The summed E-state index contributed by atoms with van der Waals surface area (Å²) < 4.78 is 4.92. The molecule has 0 aliphatic carbocycles. The summed E-state index contributed by atoms with van der Waals surface area (Å²) in [5.74, 6) is 0. The van der Waals surface area contributed by atoms with E-state index in [-0.39, 0.29) is 5.41 Å². The molecule has 0 radical (unpaired) electrons. The molecule has 0 aliphatic rings. The SMILES string of the molecule is Cc1c(-c2cc(-n3c4ccccc4c4ccc([Si](C)(C)C)cc43)c3ccccc3[n+]2C)cc(C(C)(C)C)c2ccccc12. The highest BCUT2D eigenvalue weighted by molar-refractivity contribution is 6.88. The van der Waals surface area contributed by atoms with Gasteiger partial charge in [-0.05, 0) is 58.5 Å². The van der Waals surface area contributed by atoms with Crippen LogP contribution >= 0.6 is 0 Å². The van der Waals surface area contributed by atoms with E-state index in [4.69, 9.17) is 0 Å². The van der Waals surface area contributed by atoms with Crippen molar-refractivity contribution in [2.45, 2.75) is 52.8 Å². The molecule has 5 aromatic carbocycles. The van der Waals surface area contributed by atoms with Crippen molar-refractivity contribution in [3.05, 3.63) is 114 Å². The molecule has 0 spiro atoms. The number of fused-ring (bicyclic) bond motifs is 5. The van der Waals surface area contributed by atoms with E-state index in [1.807, 2.05) is 0 Å². The highest BCUT2D eigenvalue weighted by Crippen LogP contribution is 2.40. The molecule has 7 aromatic rings. The van der Waals surface area contributed by atoms with Gasteiger partial charge in [-0.3, -0.25) is 0 Å². The second-order valence-electron chi connectivity index (χ2n) is 14.2. The number of pyridine rings is 1.